The number of rotatable bonds is 1. The van der Waals surface area contributed by atoms with Gasteiger partial charge in [-0.1, -0.05) is 30.3 Å². The largest absolute Gasteiger partial charge is 0.422 e. The second-order valence-electron chi connectivity index (χ2n) is 3.80. The predicted octanol–water partition coefficient (Wildman–Crippen LogP) is 2.76. The first-order chi connectivity index (χ1) is 8.29. The molecule has 2 aromatic carbocycles. The van der Waals surface area contributed by atoms with Gasteiger partial charge in [0.1, 0.15) is 5.58 Å². The van der Waals surface area contributed by atoms with Crippen molar-refractivity contribution in [2.24, 2.45) is 0 Å². The van der Waals surface area contributed by atoms with Gasteiger partial charge in [0.05, 0.1) is 0 Å². The number of aldehydes is 1. The van der Waals surface area contributed by atoms with Gasteiger partial charge >= 0.3 is 5.63 Å². The topological polar surface area (TPSA) is 47.3 Å². The highest BCUT2D eigenvalue weighted by molar-refractivity contribution is 6.08. The van der Waals surface area contributed by atoms with E-state index in [0.717, 1.165) is 10.8 Å². The average Bonchev–Trinajstić information content (AvgIpc) is 2.37. The van der Waals surface area contributed by atoms with Crippen molar-refractivity contribution < 1.29 is 9.21 Å². The number of carbonyl (C=O) groups is 1. The van der Waals surface area contributed by atoms with E-state index in [1.165, 1.54) is 6.07 Å². The molecule has 0 fully saturated rings. The molecule has 3 nitrogen and oxygen atoms in total. The fourth-order valence-electron chi connectivity index (χ4n) is 2.01. The van der Waals surface area contributed by atoms with Crippen LogP contribution < -0.4 is 5.63 Å². The predicted molar refractivity (Wildman–Crippen MR) is 65.4 cm³/mol. The molecule has 0 spiro atoms. The lowest BCUT2D eigenvalue weighted by molar-refractivity contribution is 0.112. The highest BCUT2D eigenvalue weighted by atomic mass is 16.4. The van der Waals surface area contributed by atoms with Crippen LogP contribution in [0.4, 0.5) is 0 Å². The Morgan fingerprint density at radius 2 is 1.82 bits per heavy atom. The number of carbonyl (C=O) groups excluding carboxylic acids is 1. The molecule has 0 aliphatic heterocycles. The summed E-state index contributed by atoms with van der Waals surface area (Å²) in [6.45, 7) is 0. The van der Waals surface area contributed by atoms with Crippen molar-refractivity contribution >= 4 is 28.0 Å². The highest BCUT2D eigenvalue weighted by Crippen LogP contribution is 2.25. The van der Waals surface area contributed by atoms with Crippen LogP contribution in [0.2, 0.25) is 0 Å². The van der Waals surface area contributed by atoms with Crippen molar-refractivity contribution in [1.29, 1.82) is 0 Å². The first-order valence-electron chi connectivity index (χ1n) is 5.20. The smallest absolute Gasteiger partial charge is 0.336 e. The molecule has 0 aliphatic carbocycles. The van der Waals surface area contributed by atoms with Gasteiger partial charge in [0, 0.05) is 22.4 Å². The Bertz CT molecular complexity index is 784. The van der Waals surface area contributed by atoms with Crippen LogP contribution in [0.1, 0.15) is 10.4 Å². The summed E-state index contributed by atoms with van der Waals surface area (Å²) >= 11 is 0. The maximum absolute atomic E-state index is 11.4. The third-order valence-electron chi connectivity index (χ3n) is 2.79. The highest BCUT2D eigenvalue weighted by Gasteiger charge is 2.07. The van der Waals surface area contributed by atoms with Gasteiger partial charge in [-0.15, -0.1) is 0 Å². The van der Waals surface area contributed by atoms with Gasteiger partial charge in [-0.3, -0.25) is 4.79 Å². The Hall–Kier alpha value is -2.42. The van der Waals surface area contributed by atoms with Crippen LogP contribution in [0.15, 0.2) is 51.7 Å². The molecule has 82 valence electrons. The van der Waals surface area contributed by atoms with Gasteiger partial charge in [-0.2, -0.15) is 0 Å². The maximum atomic E-state index is 11.4. The van der Waals surface area contributed by atoms with Crippen LogP contribution in [-0.2, 0) is 0 Å². The van der Waals surface area contributed by atoms with Crippen molar-refractivity contribution in [2.45, 2.75) is 0 Å². The molecule has 1 heterocycles. The van der Waals surface area contributed by atoms with Gasteiger partial charge in [0.2, 0.25) is 0 Å². The lowest BCUT2D eigenvalue weighted by Crippen LogP contribution is -2.00. The lowest BCUT2D eigenvalue weighted by atomic mass is 10.0. The van der Waals surface area contributed by atoms with Crippen LogP contribution in [-0.4, -0.2) is 6.29 Å². The zero-order valence-corrected chi connectivity index (χ0v) is 8.84. The molecule has 3 heteroatoms. The van der Waals surface area contributed by atoms with Crippen molar-refractivity contribution in [3.8, 4) is 0 Å². The van der Waals surface area contributed by atoms with Crippen molar-refractivity contribution in [3.63, 3.8) is 0 Å². The summed E-state index contributed by atoms with van der Waals surface area (Å²) < 4.78 is 5.20. The first-order valence-corrected chi connectivity index (χ1v) is 5.20. The van der Waals surface area contributed by atoms with Crippen molar-refractivity contribution in [2.75, 3.05) is 0 Å². The number of fused-ring (bicyclic) bond motifs is 3. The number of hydrogen-bond donors (Lipinski definition) is 0. The minimum atomic E-state index is -0.504. The van der Waals surface area contributed by atoms with Crippen LogP contribution in [0.3, 0.4) is 0 Å². The van der Waals surface area contributed by atoms with E-state index in [-0.39, 0.29) is 0 Å². The summed E-state index contributed by atoms with van der Waals surface area (Å²) in [6, 6.07) is 12.5. The number of benzene rings is 2. The van der Waals surface area contributed by atoms with E-state index in [9.17, 15) is 9.59 Å². The Balaban J connectivity index is 2.63. The summed E-state index contributed by atoms with van der Waals surface area (Å²) in [5.74, 6) is 0. The van der Waals surface area contributed by atoms with Gasteiger partial charge in [-0.25, -0.2) is 4.79 Å². The third kappa shape index (κ3) is 1.44. The molecule has 0 N–H and O–H groups in total. The monoisotopic (exact) mass is 224 g/mol. The van der Waals surface area contributed by atoms with E-state index < -0.39 is 5.63 Å². The molecule has 0 radical (unpaired) electrons. The van der Waals surface area contributed by atoms with E-state index >= 15 is 0 Å². The molecule has 0 unspecified atom stereocenters. The minimum Gasteiger partial charge on any atom is -0.422 e. The molecular formula is C14H8O3. The summed E-state index contributed by atoms with van der Waals surface area (Å²) in [5, 5.41) is 2.48. The van der Waals surface area contributed by atoms with Gasteiger partial charge in [0.25, 0.3) is 0 Å². The molecule has 0 bridgehead atoms. The Kier molecular flexibility index (Phi) is 2.05. The molecular weight excluding hydrogens is 216 g/mol. The van der Waals surface area contributed by atoms with Crippen LogP contribution in [0.25, 0.3) is 21.7 Å². The Labute approximate surface area is 96.3 Å². The molecule has 0 saturated carbocycles. The van der Waals surface area contributed by atoms with Crippen LogP contribution in [0, 0.1) is 0 Å². The van der Waals surface area contributed by atoms with Crippen LogP contribution in [0.5, 0.6) is 0 Å². The van der Waals surface area contributed by atoms with E-state index in [1.807, 2.05) is 30.3 Å². The van der Waals surface area contributed by atoms with Crippen LogP contribution >= 0.6 is 0 Å². The molecule has 3 rings (SSSR count). The summed E-state index contributed by atoms with van der Waals surface area (Å²) in [4.78, 5) is 22.3. The van der Waals surface area contributed by atoms with E-state index in [2.05, 4.69) is 0 Å². The van der Waals surface area contributed by atoms with E-state index in [1.54, 1.807) is 6.07 Å². The zero-order valence-electron chi connectivity index (χ0n) is 8.84. The molecule has 0 aliphatic rings. The summed E-state index contributed by atoms with van der Waals surface area (Å²) in [6.07, 6.45) is 0.675. The zero-order chi connectivity index (χ0) is 11.8. The van der Waals surface area contributed by atoms with E-state index in [4.69, 9.17) is 4.42 Å². The molecule has 0 atom stereocenters. The fourth-order valence-corrected chi connectivity index (χ4v) is 2.01. The molecule has 0 saturated heterocycles. The van der Waals surface area contributed by atoms with E-state index in [0.29, 0.717) is 22.8 Å². The van der Waals surface area contributed by atoms with Gasteiger partial charge in [0.15, 0.2) is 6.29 Å². The minimum absolute atomic E-state index is 0.363. The lowest BCUT2D eigenvalue weighted by Gasteiger charge is -2.03. The van der Waals surface area contributed by atoms with Gasteiger partial charge in [-0.05, 0) is 11.5 Å². The fraction of sp³-hybridized carbons (Fsp3) is 0. The van der Waals surface area contributed by atoms with Gasteiger partial charge < -0.3 is 4.42 Å². The maximum Gasteiger partial charge on any atom is 0.336 e. The van der Waals surface area contributed by atoms with Crippen molar-refractivity contribution in [3.05, 3.63) is 58.4 Å². The average molecular weight is 224 g/mol. The Morgan fingerprint density at radius 1 is 1.00 bits per heavy atom. The number of hydrogen-bond acceptors (Lipinski definition) is 3. The normalized spacial score (nSPS) is 10.8. The summed E-state index contributed by atoms with van der Waals surface area (Å²) in [7, 11) is 0. The second-order valence-corrected chi connectivity index (χ2v) is 3.80. The third-order valence-corrected chi connectivity index (χ3v) is 2.79. The molecule has 17 heavy (non-hydrogen) atoms. The summed E-state index contributed by atoms with van der Waals surface area (Å²) in [5.41, 5.74) is 0.329. The molecule has 1 aromatic heterocycles. The Morgan fingerprint density at radius 3 is 2.65 bits per heavy atom. The molecule has 3 aromatic rings. The van der Waals surface area contributed by atoms with Crippen molar-refractivity contribution in [1.82, 2.24) is 0 Å². The molecule has 0 amide bonds. The standard InChI is InChI=1S/C14H8O3/c15-8-10-7-13(16)17-14-11-4-2-1-3-9(11)5-6-12(10)14/h1-8H. The first kappa shape index (κ1) is 9.78. The second kappa shape index (κ2) is 3.56. The SMILES string of the molecule is O=Cc1cc(=O)oc2c1ccc1ccccc12. The quantitative estimate of drug-likeness (QED) is 0.362.